The van der Waals surface area contributed by atoms with Gasteiger partial charge in [0.25, 0.3) is 5.56 Å². The fourth-order valence-electron chi connectivity index (χ4n) is 4.00. The Morgan fingerprint density at radius 2 is 1.64 bits per heavy atom. The number of carbonyl (C=O) groups excluding carboxylic acids is 1. The summed E-state index contributed by atoms with van der Waals surface area (Å²) in [5.74, 6) is 0.471. The number of hydrogen-bond acceptors (Lipinski definition) is 4. The van der Waals surface area contributed by atoms with Gasteiger partial charge >= 0.3 is 0 Å². The van der Waals surface area contributed by atoms with Crippen molar-refractivity contribution in [3.63, 3.8) is 0 Å². The highest BCUT2D eigenvalue weighted by atomic mass is 16.5. The molecule has 168 valence electrons. The van der Waals surface area contributed by atoms with E-state index >= 15 is 0 Å². The summed E-state index contributed by atoms with van der Waals surface area (Å²) in [7, 11) is 5.05. The van der Waals surface area contributed by atoms with Crippen LogP contribution in [-0.4, -0.2) is 24.6 Å². The number of aromatic nitrogens is 1. The van der Waals surface area contributed by atoms with Crippen LogP contribution in [0.15, 0.2) is 83.7 Å². The Morgan fingerprint density at radius 3 is 2.30 bits per heavy atom. The zero-order valence-electron chi connectivity index (χ0n) is 19.0. The van der Waals surface area contributed by atoms with E-state index in [-0.39, 0.29) is 17.9 Å². The van der Waals surface area contributed by atoms with Crippen LogP contribution in [0.5, 0.6) is 5.75 Å². The molecule has 0 aliphatic rings. The van der Waals surface area contributed by atoms with Gasteiger partial charge in [0.2, 0.25) is 5.91 Å². The van der Waals surface area contributed by atoms with Crippen LogP contribution in [0.4, 0.5) is 11.4 Å². The molecule has 3 aromatic carbocycles. The van der Waals surface area contributed by atoms with Crippen molar-refractivity contribution in [2.45, 2.75) is 13.0 Å². The minimum Gasteiger partial charge on any atom is -0.496 e. The van der Waals surface area contributed by atoms with E-state index in [1.54, 1.807) is 30.7 Å². The van der Waals surface area contributed by atoms with Crippen LogP contribution >= 0.6 is 0 Å². The summed E-state index contributed by atoms with van der Waals surface area (Å²) in [4.78, 5) is 28.2. The standard InChI is InChI=1S/C27H27N3O3/c1-29(20-13-8-5-9-14-20)24(31)17-21-26(28-18-19-11-6-4-7-12-19)25-22(30(2)27(21)32)15-10-16-23(25)33-3/h4-16,28H,17-18H2,1-3H3. The van der Waals surface area contributed by atoms with Gasteiger partial charge in [-0.1, -0.05) is 54.6 Å². The number of anilines is 2. The van der Waals surface area contributed by atoms with E-state index in [2.05, 4.69) is 5.32 Å². The Bertz CT molecular complexity index is 1330. The van der Waals surface area contributed by atoms with Gasteiger partial charge in [0.05, 0.1) is 35.7 Å². The van der Waals surface area contributed by atoms with Gasteiger partial charge in [-0.15, -0.1) is 0 Å². The number of fused-ring (bicyclic) bond motifs is 1. The van der Waals surface area contributed by atoms with Crippen LogP contribution in [0.25, 0.3) is 10.9 Å². The van der Waals surface area contributed by atoms with Crippen molar-refractivity contribution in [3.05, 3.63) is 100 Å². The molecule has 4 aromatic rings. The second-order valence-electron chi connectivity index (χ2n) is 7.88. The number of methoxy groups -OCH3 is 1. The third kappa shape index (κ3) is 4.46. The van der Waals surface area contributed by atoms with E-state index in [1.165, 1.54) is 0 Å². The highest BCUT2D eigenvalue weighted by molar-refractivity contribution is 6.01. The van der Waals surface area contributed by atoms with Gasteiger partial charge in [-0.05, 0) is 29.8 Å². The summed E-state index contributed by atoms with van der Waals surface area (Å²) >= 11 is 0. The van der Waals surface area contributed by atoms with Crippen molar-refractivity contribution in [3.8, 4) is 5.75 Å². The van der Waals surface area contributed by atoms with Crippen molar-refractivity contribution in [2.75, 3.05) is 24.4 Å². The molecule has 0 radical (unpaired) electrons. The van der Waals surface area contributed by atoms with Crippen LogP contribution in [0, 0.1) is 0 Å². The number of ether oxygens (including phenoxy) is 1. The van der Waals surface area contributed by atoms with Gasteiger partial charge in [-0.3, -0.25) is 9.59 Å². The van der Waals surface area contributed by atoms with Crippen molar-refractivity contribution in [2.24, 2.45) is 7.05 Å². The second-order valence-corrected chi connectivity index (χ2v) is 7.88. The number of amides is 1. The molecular weight excluding hydrogens is 414 g/mol. The summed E-state index contributed by atoms with van der Waals surface area (Å²) < 4.78 is 7.22. The molecule has 33 heavy (non-hydrogen) atoms. The molecule has 0 spiro atoms. The van der Waals surface area contributed by atoms with Gasteiger partial charge in [-0.2, -0.15) is 0 Å². The first-order chi connectivity index (χ1) is 16.0. The number of hydrogen-bond donors (Lipinski definition) is 1. The Balaban J connectivity index is 1.82. The summed E-state index contributed by atoms with van der Waals surface area (Å²) in [5.41, 5.74) is 3.42. The molecule has 4 rings (SSSR count). The summed E-state index contributed by atoms with van der Waals surface area (Å²) in [6.45, 7) is 0.511. The van der Waals surface area contributed by atoms with Crippen LogP contribution in [-0.2, 0) is 24.8 Å². The van der Waals surface area contributed by atoms with E-state index in [1.807, 2.05) is 78.9 Å². The highest BCUT2D eigenvalue weighted by Gasteiger charge is 2.22. The predicted molar refractivity (Wildman–Crippen MR) is 133 cm³/mol. The van der Waals surface area contributed by atoms with Crippen molar-refractivity contribution >= 4 is 28.2 Å². The van der Waals surface area contributed by atoms with Crippen molar-refractivity contribution < 1.29 is 9.53 Å². The number of para-hydroxylation sites is 1. The Morgan fingerprint density at radius 1 is 0.970 bits per heavy atom. The van der Waals surface area contributed by atoms with E-state index in [9.17, 15) is 9.59 Å². The minimum atomic E-state index is -0.207. The highest BCUT2D eigenvalue weighted by Crippen LogP contribution is 2.34. The van der Waals surface area contributed by atoms with Gasteiger partial charge in [0.15, 0.2) is 0 Å². The number of pyridine rings is 1. The van der Waals surface area contributed by atoms with E-state index in [4.69, 9.17) is 4.74 Å². The first-order valence-electron chi connectivity index (χ1n) is 10.8. The minimum absolute atomic E-state index is 0.0385. The number of carbonyl (C=O) groups is 1. The largest absolute Gasteiger partial charge is 0.496 e. The maximum absolute atomic E-state index is 13.4. The number of nitrogens with one attached hydrogen (secondary N) is 1. The Kier molecular flexibility index (Phi) is 6.45. The van der Waals surface area contributed by atoms with Crippen LogP contribution in [0.2, 0.25) is 0 Å². The Hall–Kier alpha value is -4.06. The van der Waals surface area contributed by atoms with Gasteiger partial charge < -0.3 is 19.5 Å². The van der Waals surface area contributed by atoms with Crippen LogP contribution in [0.3, 0.4) is 0 Å². The van der Waals surface area contributed by atoms with Crippen LogP contribution < -0.4 is 20.5 Å². The third-order valence-electron chi connectivity index (χ3n) is 5.86. The number of likely N-dealkylation sites (N-methyl/N-ethyl adjacent to an activating group) is 1. The fraction of sp³-hybridized carbons (Fsp3) is 0.185. The molecule has 0 saturated heterocycles. The molecule has 1 N–H and O–H groups in total. The number of aryl methyl sites for hydroxylation is 1. The normalized spacial score (nSPS) is 10.8. The molecule has 0 aliphatic carbocycles. The zero-order valence-corrected chi connectivity index (χ0v) is 19.0. The molecule has 0 saturated carbocycles. The van der Waals surface area contributed by atoms with Crippen molar-refractivity contribution in [1.29, 1.82) is 0 Å². The van der Waals surface area contributed by atoms with Crippen molar-refractivity contribution in [1.82, 2.24) is 4.57 Å². The fourth-order valence-corrected chi connectivity index (χ4v) is 4.00. The molecule has 1 heterocycles. The molecule has 6 heteroatoms. The SMILES string of the molecule is COc1cccc2c1c(NCc1ccccc1)c(CC(=O)N(C)c1ccccc1)c(=O)n2C. The molecule has 0 atom stereocenters. The number of benzene rings is 3. The van der Waals surface area contributed by atoms with Crippen LogP contribution in [0.1, 0.15) is 11.1 Å². The lowest BCUT2D eigenvalue weighted by atomic mass is 10.0. The monoisotopic (exact) mass is 441 g/mol. The lowest BCUT2D eigenvalue weighted by molar-refractivity contribution is -0.117. The lowest BCUT2D eigenvalue weighted by Gasteiger charge is -2.21. The van der Waals surface area contributed by atoms with E-state index < -0.39 is 0 Å². The molecule has 1 aromatic heterocycles. The first kappa shape index (κ1) is 22.1. The summed E-state index contributed by atoms with van der Waals surface area (Å²) in [6.07, 6.45) is -0.0385. The van der Waals surface area contributed by atoms with Gasteiger partial charge in [0, 0.05) is 26.3 Å². The summed E-state index contributed by atoms with van der Waals surface area (Å²) in [5, 5.41) is 4.22. The summed E-state index contributed by atoms with van der Waals surface area (Å²) in [6, 6.07) is 24.9. The maximum Gasteiger partial charge on any atom is 0.256 e. The first-order valence-corrected chi connectivity index (χ1v) is 10.8. The molecule has 1 amide bonds. The third-order valence-corrected chi connectivity index (χ3v) is 5.86. The van der Waals surface area contributed by atoms with E-state index in [0.717, 1.165) is 22.2 Å². The Labute approximate surface area is 193 Å². The predicted octanol–water partition coefficient (Wildman–Crippen LogP) is 4.36. The maximum atomic E-state index is 13.4. The molecule has 6 nitrogen and oxygen atoms in total. The molecule has 0 unspecified atom stereocenters. The van der Waals surface area contributed by atoms with E-state index in [0.29, 0.717) is 23.5 Å². The quantitative estimate of drug-likeness (QED) is 0.463. The topological polar surface area (TPSA) is 63.6 Å². The molecule has 0 aliphatic heterocycles. The zero-order chi connectivity index (χ0) is 23.4. The number of rotatable bonds is 7. The average Bonchev–Trinajstić information content (AvgIpc) is 2.87. The molecule has 0 fully saturated rings. The van der Waals surface area contributed by atoms with Gasteiger partial charge in [-0.25, -0.2) is 0 Å². The van der Waals surface area contributed by atoms with Gasteiger partial charge in [0.1, 0.15) is 5.75 Å². The molecule has 0 bridgehead atoms. The number of nitrogens with zero attached hydrogens (tertiary/aromatic N) is 2. The second kappa shape index (κ2) is 9.61. The lowest BCUT2D eigenvalue weighted by Crippen LogP contribution is -2.32. The molecular formula is C27H27N3O3. The smallest absolute Gasteiger partial charge is 0.256 e. The average molecular weight is 442 g/mol.